The lowest BCUT2D eigenvalue weighted by atomic mass is 10.1. The van der Waals surface area contributed by atoms with Crippen LogP contribution in [0.2, 0.25) is 0 Å². The molecule has 1 aromatic carbocycles. The average Bonchev–Trinajstić information content (AvgIpc) is 2.17. The lowest BCUT2D eigenvalue weighted by molar-refractivity contribution is 0.101. The van der Waals surface area contributed by atoms with Gasteiger partial charge in [-0.05, 0) is 31.0 Å². The van der Waals surface area contributed by atoms with Crippen molar-refractivity contribution in [3.8, 4) is 5.75 Å². The molecule has 2 nitrogen and oxygen atoms in total. The molecule has 0 saturated heterocycles. The van der Waals surface area contributed by atoms with Gasteiger partial charge < -0.3 is 4.74 Å². The van der Waals surface area contributed by atoms with Gasteiger partial charge in [0.2, 0.25) is 0 Å². The van der Waals surface area contributed by atoms with Crippen molar-refractivity contribution < 1.29 is 9.53 Å². The fourth-order valence-corrected chi connectivity index (χ4v) is 1.32. The topological polar surface area (TPSA) is 26.3 Å². The van der Waals surface area contributed by atoms with Gasteiger partial charge in [0.05, 0.1) is 12.7 Å². The monoisotopic (exact) mass is 190 g/mol. The summed E-state index contributed by atoms with van der Waals surface area (Å²) in [6.07, 6.45) is 2.61. The molecule has 0 amide bonds. The molecule has 1 aromatic rings. The van der Waals surface area contributed by atoms with Crippen LogP contribution in [0, 0.1) is 0 Å². The number of hydrogen-bond acceptors (Lipinski definition) is 2. The number of carbonyl (C=O) groups is 1. The highest BCUT2D eigenvalue weighted by molar-refractivity contribution is 5.96. The number of benzene rings is 1. The SMILES string of the molecule is C=CCc1ccc(C(C)=O)c(OC)c1. The van der Waals surface area contributed by atoms with Crippen LogP contribution in [0.25, 0.3) is 0 Å². The lowest BCUT2D eigenvalue weighted by Crippen LogP contribution is -1.98. The first-order valence-electron chi connectivity index (χ1n) is 4.47. The average molecular weight is 190 g/mol. The van der Waals surface area contributed by atoms with Gasteiger partial charge in [-0.2, -0.15) is 0 Å². The van der Waals surface area contributed by atoms with Crippen molar-refractivity contribution in [3.63, 3.8) is 0 Å². The van der Waals surface area contributed by atoms with Crippen LogP contribution in [0.1, 0.15) is 22.8 Å². The number of ether oxygens (including phenoxy) is 1. The zero-order valence-electron chi connectivity index (χ0n) is 8.54. The van der Waals surface area contributed by atoms with Crippen molar-refractivity contribution in [3.05, 3.63) is 42.0 Å². The quantitative estimate of drug-likeness (QED) is 0.539. The minimum atomic E-state index is 0.0204. The number of rotatable bonds is 4. The highest BCUT2D eigenvalue weighted by Crippen LogP contribution is 2.20. The predicted molar refractivity (Wildman–Crippen MR) is 56.9 cm³/mol. The van der Waals surface area contributed by atoms with E-state index in [1.54, 1.807) is 13.2 Å². The molecule has 0 heterocycles. The predicted octanol–water partition coefficient (Wildman–Crippen LogP) is 2.63. The van der Waals surface area contributed by atoms with E-state index in [1.807, 2.05) is 18.2 Å². The molecule has 0 aromatic heterocycles. The van der Waals surface area contributed by atoms with E-state index < -0.39 is 0 Å². The van der Waals surface area contributed by atoms with Gasteiger partial charge in [0.15, 0.2) is 5.78 Å². The highest BCUT2D eigenvalue weighted by Gasteiger charge is 2.07. The molecule has 1 rings (SSSR count). The van der Waals surface area contributed by atoms with E-state index in [1.165, 1.54) is 6.92 Å². The Labute approximate surface area is 84.2 Å². The van der Waals surface area contributed by atoms with Crippen LogP contribution in [-0.4, -0.2) is 12.9 Å². The first-order valence-corrected chi connectivity index (χ1v) is 4.47. The largest absolute Gasteiger partial charge is 0.496 e. The summed E-state index contributed by atoms with van der Waals surface area (Å²) in [4.78, 5) is 11.2. The minimum absolute atomic E-state index is 0.0204. The van der Waals surface area contributed by atoms with E-state index in [0.29, 0.717) is 11.3 Å². The lowest BCUT2D eigenvalue weighted by Gasteiger charge is -2.07. The van der Waals surface area contributed by atoms with E-state index in [4.69, 9.17) is 4.74 Å². The summed E-state index contributed by atoms with van der Waals surface area (Å²) in [5, 5.41) is 0. The summed E-state index contributed by atoms with van der Waals surface area (Å²) in [6.45, 7) is 5.19. The van der Waals surface area contributed by atoms with E-state index >= 15 is 0 Å². The maximum Gasteiger partial charge on any atom is 0.163 e. The molecule has 0 N–H and O–H groups in total. The summed E-state index contributed by atoms with van der Waals surface area (Å²) >= 11 is 0. The Morgan fingerprint density at radius 1 is 1.57 bits per heavy atom. The Balaban J connectivity index is 3.10. The molecular formula is C12H14O2. The second-order valence-electron chi connectivity index (χ2n) is 3.08. The first-order chi connectivity index (χ1) is 6.69. The van der Waals surface area contributed by atoms with Crippen LogP contribution in [0.5, 0.6) is 5.75 Å². The van der Waals surface area contributed by atoms with Gasteiger partial charge >= 0.3 is 0 Å². The van der Waals surface area contributed by atoms with Crippen molar-refractivity contribution in [2.45, 2.75) is 13.3 Å². The fraction of sp³-hybridized carbons (Fsp3) is 0.250. The fourth-order valence-electron chi connectivity index (χ4n) is 1.32. The van der Waals surface area contributed by atoms with E-state index in [2.05, 4.69) is 6.58 Å². The first kappa shape index (κ1) is 10.5. The highest BCUT2D eigenvalue weighted by atomic mass is 16.5. The smallest absolute Gasteiger partial charge is 0.163 e. The number of carbonyl (C=O) groups excluding carboxylic acids is 1. The van der Waals surface area contributed by atoms with E-state index in [0.717, 1.165) is 12.0 Å². The molecule has 0 bridgehead atoms. The van der Waals surface area contributed by atoms with Crippen molar-refractivity contribution in [2.75, 3.05) is 7.11 Å². The van der Waals surface area contributed by atoms with Crippen LogP contribution in [-0.2, 0) is 6.42 Å². The Kier molecular flexibility index (Phi) is 3.46. The third kappa shape index (κ3) is 2.22. The number of allylic oxidation sites excluding steroid dienone is 1. The number of Topliss-reactive ketones (excluding diaryl/α,β-unsaturated/α-hetero) is 1. The minimum Gasteiger partial charge on any atom is -0.496 e. The molecule has 0 fully saturated rings. The van der Waals surface area contributed by atoms with Crippen molar-refractivity contribution in [1.82, 2.24) is 0 Å². The van der Waals surface area contributed by atoms with Gasteiger partial charge in [-0.25, -0.2) is 0 Å². The molecule has 0 radical (unpaired) electrons. The van der Waals surface area contributed by atoms with Gasteiger partial charge in [0.1, 0.15) is 5.75 Å². The molecule has 14 heavy (non-hydrogen) atoms. The van der Waals surface area contributed by atoms with Crippen LogP contribution in [0.4, 0.5) is 0 Å². The standard InChI is InChI=1S/C12H14O2/c1-4-5-10-6-7-11(9(2)13)12(8-10)14-3/h4,6-8H,1,5H2,2-3H3. The van der Waals surface area contributed by atoms with Gasteiger partial charge in [-0.1, -0.05) is 12.1 Å². The Bertz CT molecular complexity index is 353. The third-order valence-electron chi connectivity index (χ3n) is 2.03. The Morgan fingerprint density at radius 2 is 2.29 bits per heavy atom. The Morgan fingerprint density at radius 3 is 2.79 bits per heavy atom. The zero-order chi connectivity index (χ0) is 10.6. The van der Waals surface area contributed by atoms with Gasteiger partial charge in [0.25, 0.3) is 0 Å². The molecule has 0 aliphatic heterocycles. The molecule has 2 heteroatoms. The van der Waals surface area contributed by atoms with Gasteiger partial charge in [-0.15, -0.1) is 6.58 Å². The van der Waals surface area contributed by atoms with E-state index in [9.17, 15) is 4.79 Å². The second-order valence-corrected chi connectivity index (χ2v) is 3.08. The molecule has 0 spiro atoms. The summed E-state index contributed by atoms with van der Waals surface area (Å²) < 4.78 is 5.14. The van der Waals surface area contributed by atoms with Gasteiger partial charge in [-0.3, -0.25) is 4.79 Å². The van der Waals surface area contributed by atoms with E-state index in [-0.39, 0.29) is 5.78 Å². The van der Waals surface area contributed by atoms with Crippen LogP contribution >= 0.6 is 0 Å². The molecular weight excluding hydrogens is 176 g/mol. The number of hydrogen-bond donors (Lipinski definition) is 0. The summed E-state index contributed by atoms with van der Waals surface area (Å²) in [5.74, 6) is 0.656. The van der Waals surface area contributed by atoms with Crippen LogP contribution in [0.3, 0.4) is 0 Å². The maximum absolute atomic E-state index is 11.2. The molecule has 0 aliphatic carbocycles. The molecule has 0 saturated carbocycles. The van der Waals surface area contributed by atoms with Crippen molar-refractivity contribution in [1.29, 1.82) is 0 Å². The van der Waals surface area contributed by atoms with Crippen LogP contribution in [0.15, 0.2) is 30.9 Å². The zero-order valence-corrected chi connectivity index (χ0v) is 8.54. The summed E-state index contributed by atoms with van der Waals surface area (Å²) in [5.41, 5.74) is 1.72. The number of ketones is 1. The van der Waals surface area contributed by atoms with Crippen molar-refractivity contribution in [2.24, 2.45) is 0 Å². The third-order valence-corrected chi connectivity index (χ3v) is 2.03. The molecule has 0 atom stereocenters. The maximum atomic E-state index is 11.2. The normalized spacial score (nSPS) is 9.57. The number of methoxy groups -OCH3 is 1. The van der Waals surface area contributed by atoms with Crippen LogP contribution < -0.4 is 4.74 Å². The molecule has 0 unspecified atom stereocenters. The second kappa shape index (κ2) is 4.61. The van der Waals surface area contributed by atoms with Crippen molar-refractivity contribution >= 4 is 5.78 Å². The summed E-state index contributed by atoms with van der Waals surface area (Å²) in [7, 11) is 1.57. The summed E-state index contributed by atoms with van der Waals surface area (Å²) in [6, 6.07) is 5.58. The molecule has 74 valence electrons. The molecule has 0 aliphatic rings. The Hall–Kier alpha value is -1.57. The van der Waals surface area contributed by atoms with Gasteiger partial charge in [0, 0.05) is 0 Å².